The summed E-state index contributed by atoms with van der Waals surface area (Å²) in [5.41, 5.74) is 6.95. The fraction of sp³-hybridized carbons (Fsp3) is 0.636. The highest BCUT2D eigenvalue weighted by Crippen LogP contribution is 2.29. The van der Waals surface area contributed by atoms with Crippen molar-refractivity contribution in [3.63, 3.8) is 0 Å². The van der Waals surface area contributed by atoms with Gasteiger partial charge in [-0.05, 0) is 32.2 Å². The minimum absolute atomic E-state index is 0.319. The first kappa shape index (κ1) is 10.5. The van der Waals surface area contributed by atoms with Gasteiger partial charge in [0.25, 0.3) is 0 Å². The molecule has 0 spiro atoms. The Balaban J connectivity index is 2.17. The van der Waals surface area contributed by atoms with Gasteiger partial charge in [-0.1, -0.05) is 0 Å². The molecule has 4 nitrogen and oxygen atoms in total. The summed E-state index contributed by atoms with van der Waals surface area (Å²) in [5, 5.41) is 3.57. The molecule has 0 saturated carbocycles. The van der Waals surface area contributed by atoms with Gasteiger partial charge in [0.1, 0.15) is 6.33 Å². The average molecular weight is 206 g/mol. The zero-order valence-electron chi connectivity index (χ0n) is 9.06. The largest absolute Gasteiger partial charge is 0.330 e. The lowest BCUT2D eigenvalue weighted by Crippen LogP contribution is -2.42. The maximum Gasteiger partial charge on any atom is 0.115 e. The van der Waals surface area contributed by atoms with E-state index in [9.17, 15) is 0 Å². The molecule has 3 N–H and O–H groups in total. The Hall–Kier alpha value is -1.00. The van der Waals surface area contributed by atoms with Crippen molar-refractivity contribution in [2.75, 3.05) is 6.54 Å². The van der Waals surface area contributed by atoms with Gasteiger partial charge in [0.05, 0.1) is 0 Å². The average Bonchev–Trinajstić information content (AvgIpc) is 2.30. The summed E-state index contributed by atoms with van der Waals surface area (Å²) in [4.78, 5) is 8.12. The van der Waals surface area contributed by atoms with E-state index in [0.717, 1.165) is 12.1 Å². The van der Waals surface area contributed by atoms with Crippen LogP contribution < -0.4 is 11.1 Å². The van der Waals surface area contributed by atoms with Crippen LogP contribution in [-0.4, -0.2) is 22.6 Å². The lowest BCUT2D eigenvalue weighted by molar-refractivity contribution is 0.246. The fourth-order valence-electron chi connectivity index (χ4n) is 2.25. The van der Waals surface area contributed by atoms with Crippen LogP contribution in [0.15, 0.2) is 18.7 Å². The third kappa shape index (κ3) is 2.33. The van der Waals surface area contributed by atoms with E-state index in [1.54, 1.807) is 6.33 Å². The predicted molar refractivity (Wildman–Crippen MR) is 59.1 cm³/mol. The Morgan fingerprint density at radius 1 is 1.40 bits per heavy atom. The maximum absolute atomic E-state index is 5.80. The third-order valence-electron chi connectivity index (χ3n) is 3.15. The molecule has 2 heterocycles. The maximum atomic E-state index is 5.80. The highest BCUT2D eigenvalue weighted by molar-refractivity contribution is 5.12. The van der Waals surface area contributed by atoms with Crippen molar-refractivity contribution in [3.05, 3.63) is 24.3 Å². The van der Waals surface area contributed by atoms with Crippen molar-refractivity contribution in [1.82, 2.24) is 15.3 Å². The number of piperidine rings is 1. The lowest BCUT2D eigenvalue weighted by atomic mass is 9.85. The quantitative estimate of drug-likeness (QED) is 0.753. The number of hydrogen-bond acceptors (Lipinski definition) is 4. The van der Waals surface area contributed by atoms with Gasteiger partial charge in [-0.15, -0.1) is 0 Å². The molecule has 3 unspecified atom stereocenters. The Morgan fingerprint density at radius 3 is 2.80 bits per heavy atom. The molecule has 0 bridgehead atoms. The zero-order chi connectivity index (χ0) is 10.7. The number of nitrogens with zero attached hydrogens (tertiary/aromatic N) is 2. The van der Waals surface area contributed by atoms with Crippen LogP contribution in [0.3, 0.4) is 0 Å². The van der Waals surface area contributed by atoms with Gasteiger partial charge in [0.2, 0.25) is 0 Å². The van der Waals surface area contributed by atoms with Gasteiger partial charge >= 0.3 is 0 Å². The van der Waals surface area contributed by atoms with Gasteiger partial charge < -0.3 is 11.1 Å². The van der Waals surface area contributed by atoms with Crippen LogP contribution in [0.25, 0.3) is 0 Å². The molecule has 1 aliphatic heterocycles. The molecule has 4 heteroatoms. The van der Waals surface area contributed by atoms with E-state index in [1.807, 2.05) is 12.4 Å². The minimum Gasteiger partial charge on any atom is -0.330 e. The van der Waals surface area contributed by atoms with E-state index in [0.29, 0.717) is 18.0 Å². The van der Waals surface area contributed by atoms with Crippen LogP contribution >= 0.6 is 0 Å². The summed E-state index contributed by atoms with van der Waals surface area (Å²) in [6.07, 6.45) is 7.71. The summed E-state index contributed by atoms with van der Waals surface area (Å²) >= 11 is 0. The number of nitrogens with one attached hydrogen (secondary N) is 1. The number of nitrogens with two attached hydrogens (primary N) is 1. The van der Waals surface area contributed by atoms with Crippen LogP contribution in [0.4, 0.5) is 0 Å². The molecule has 1 saturated heterocycles. The Labute approximate surface area is 90.3 Å². The van der Waals surface area contributed by atoms with Crippen LogP contribution in [0.5, 0.6) is 0 Å². The second-order valence-electron chi connectivity index (χ2n) is 4.29. The summed E-state index contributed by atoms with van der Waals surface area (Å²) in [5.74, 6) is 0.507. The molecule has 0 aliphatic carbocycles. The molecule has 15 heavy (non-hydrogen) atoms. The molecule has 1 aliphatic rings. The minimum atomic E-state index is 0.319. The summed E-state index contributed by atoms with van der Waals surface area (Å²) in [6.45, 7) is 2.93. The van der Waals surface area contributed by atoms with Gasteiger partial charge in [-0.3, -0.25) is 0 Å². The smallest absolute Gasteiger partial charge is 0.115 e. The van der Waals surface area contributed by atoms with E-state index < -0.39 is 0 Å². The topological polar surface area (TPSA) is 63.8 Å². The summed E-state index contributed by atoms with van der Waals surface area (Å²) in [7, 11) is 0. The van der Waals surface area contributed by atoms with E-state index in [2.05, 4.69) is 22.2 Å². The second-order valence-corrected chi connectivity index (χ2v) is 4.29. The zero-order valence-corrected chi connectivity index (χ0v) is 9.06. The number of aromatic nitrogens is 2. The van der Waals surface area contributed by atoms with Crippen molar-refractivity contribution >= 4 is 0 Å². The van der Waals surface area contributed by atoms with Gasteiger partial charge in [-0.25, -0.2) is 9.97 Å². The monoisotopic (exact) mass is 206 g/mol. The van der Waals surface area contributed by atoms with E-state index in [1.165, 1.54) is 12.8 Å². The lowest BCUT2D eigenvalue weighted by Gasteiger charge is -2.35. The van der Waals surface area contributed by atoms with Crippen molar-refractivity contribution in [1.29, 1.82) is 0 Å². The van der Waals surface area contributed by atoms with E-state index in [-0.39, 0.29) is 0 Å². The first-order chi connectivity index (χ1) is 7.31. The van der Waals surface area contributed by atoms with Crippen LogP contribution in [-0.2, 0) is 0 Å². The number of rotatable bonds is 2. The van der Waals surface area contributed by atoms with Gasteiger partial charge in [0.15, 0.2) is 0 Å². The molecule has 1 fully saturated rings. The standard InChI is InChI=1S/C11H18N4/c1-8-2-3-9(4-12)11(15-8)10-5-13-7-14-6-10/h5-9,11,15H,2-4,12H2,1H3. The Bertz CT molecular complexity index is 301. The predicted octanol–water partition coefficient (Wildman–Crippen LogP) is 0.865. The van der Waals surface area contributed by atoms with Gasteiger partial charge in [-0.2, -0.15) is 0 Å². The molecule has 3 atom stereocenters. The fourth-order valence-corrected chi connectivity index (χ4v) is 2.25. The Kier molecular flexibility index (Phi) is 3.28. The number of hydrogen-bond donors (Lipinski definition) is 2. The molecule has 0 amide bonds. The first-order valence-corrected chi connectivity index (χ1v) is 5.52. The van der Waals surface area contributed by atoms with Crippen molar-refractivity contribution in [2.24, 2.45) is 11.7 Å². The van der Waals surface area contributed by atoms with Crippen LogP contribution in [0.2, 0.25) is 0 Å². The van der Waals surface area contributed by atoms with E-state index in [4.69, 9.17) is 5.73 Å². The molecule has 0 aromatic carbocycles. The van der Waals surface area contributed by atoms with Gasteiger partial charge in [0, 0.05) is 30.0 Å². The van der Waals surface area contributed by atoms with Crippen molar-refractivity contribution in [2.45, 2.75) is 31.8 Å². The highest BCUT2D eigenvalue weighted by Gasteiger charge is 2.28. The second kappa shape index (κ2) is 4.68. The molecular weight excluding hydrogens is 188 g/mol. The van der Waals surface area contributed by atoms with Crippen molar-refractivity contribution < 1.29 is 0 Å². The van der Waals surface area contributed by atoms with Crippen LogP contribution in [0, 0.1) is 5.92 Å². The summed E-state index contributed by atoms with van der Waals surface area (Å²) in [6, 6.07) is 0.873. The molecule has 1 aromatic heterocycles. The molecular formula is C11H18N4. The molecule has 82 valence electrons. The normalized spacial score (nSPS) is 31.5. The summed E-state index contributed by atoms with van der Waals surface area (Å²) < 4.78 is 0. The molecule has 0 radical (unpaired) electrons. The third-order valence-corrected chi connectivity index (χ3v) is 3.15. The SMILES string of the molecule is CC1CCC(CN)C(c2cncnc2)N1. The first-order valence-electron chi connectivity index (χ1n) is 5.52. The molecule has 1 aromatic rings. The Morgan fingerprint density at radius 2 is 2.13 bits per heavy atom. The van der Waals surface area contributed by atoms with E-state index >= 15 is 0 Å². The molecule has 2 rings (SSSR count). The van der Waals surface area contributed by atoms with Crippen LogP contribution in [0.1, 0.15) is 31.4 Å². The highest BCUT2D eigenvalue weighted by atomic mass is 15.0. The van der Waals surface area contributed by atoms with Crippen molar-refractivity contribution in [3.8, 4) is 0 Å².